The molecule has 0 saturated heterocycles. The second-order valence-electron chi connectivity index (χ2n) is 3.75. The number of aromatic nitrogens is 1. The lowest BCUT2D eigenvalue weighted by Gasteiger charge is -2.07. The maximum absolute atomic E-state index is 5.65. The van der Waals surface area contributed by atoms with E-state index in [0.717, 1.165) is 22.7 Å². The molecular weight excluding hydrogens is 204 g/mol. The maximum atomic E-state index is 5.65. The molecule has 0 fully saturated rings. The molecule has 0 saturated carbocycles. The van der Waals surface area contributed by atoms with E-state index in [-0.39, 0.29) is 0 Å². The van der Waals surface area contributed by atoms with Gasteiger partial charge in [0.15, 0.2) is 5.76 Å². The van der Waals surface area contributed by atoms with E-state index in [9.17, 15) is 0 Å². The average Bonchev–Trinajstić information content (AvgIpc) is 2.63. The zero-order valence-electron chi connectivity index (χ0n) is 9.36. The zero-order valence-corrected chi connectivity index (χ0v) is 9.36. The van der Waals surface area contributed by atoms with Gasteiger partial charge in [0.25, 0.3) is 0 Å². The summed E-state index contributed by atoms with van der Waals surface area (Å²) in [5.74, 6) is 1.52. The van der Waals surface area contributed by atoms with Gasteiger partial charge in [0.1, 0.15) is 12.4 Å². The number of aryl methyl sites for hydroxylation is 2. The molecule has 4 heteroatoms. The van der Waals surface area contributed by atoms with Crippen LogP contribution in [0.15, 0.2) is 28.8 Å². The molecule has 0 radical (unpaired) electrons. The molecule has 1 aromatic heterocycles. The fourth-order valence-electron chi connectivity index (χ4n) is 1.47. The molecular formula is C12H14N2O2. The summed E-state index contributed by atoms with van der Waals surface area (Å²) < 4.78 is 10.7. The number of nitrogens with two attached hydrogens (primary N) is 1. The lowest BCUT2D eigenvalue weighted by atomic mass is 10.2. The smallest absolute Gasteiger partial charge is 0.174 e. The van der Waals surface area contributed by atoms with Crippen molar-refractivity contribution in [3.05, 3.63) is 41.3 Å². The van der Waals surface area contributed by atoms with Crippen molar-refractivity contribution in [3.63, 3.8) is 0 Å². The topological polar surface area (TPSA) is 61.3 Å². The van der Waals surface area contributed by atoms with Crippen LogP contribution in [0, 0.1) is 13.8 Å². The second-order valence-corrected chi connectivity index (χ2v) is 3.75. The van der Waals surface area contributed by atoms with Gasteiger partial charge in [0, 0.05) is 11.8 Å². The predicted octanol–water partition coefficient (Wildman–Crippen LogP) is 2.45. The minimum atomic E-state index is 0.381. The fourth-order valence-corrected chi connectivity index (χ4v) is 1.47. The largest absolute Gasteiger partial charge is 0.485 e. The lowest BCUT2D eigenvalue weighted by Crippen LogP contribution is -1.96. The number of hydrogen-bond donors (Lipinski definition) is 1. The van der Waals surface area contributed by atoms with E-state index >= 15 is 0 Å². The van der Waals surface area contributed by atoms with Gasteiger partial charge in [0.2, 0.25) is 0 Å². The Kier molecular flexibility index (Phi) is 2.81. The van der Waals surface area contributed by atoms with Crippen LogP contribution in [-0.2, 0) is 6.61 Å². The van der Waals surface area contributed by atoms with E-state index < -0.39 is 0 Å². The summed E-state index contributed by atoms with van der Waals surface area (Å²) in [5.41, 5.74) is 8.26. The number of anilines is 1. The van der Waals surface area contributed by atoms with Crippen molar-refractivity contribution < 1.29 is 9.26 Å². The molecule has 0 amide bonds. The van der Waals surface area contributed by atoms with Crippen molar-refractivity contribution in [2.24, 2.45) is 0 Å². The van der Waals surface area contributed by atoms with Gasteiger partial charge in [-0.15, -0.1) is 0 Å². The highest BCUT2D eigenvalue weighted by Gasteiger charge is 2.04. The molecule has 0 bridgehead atoms. The van der Waals surface area contributed by atoms with Crippen molar-refractivity contribution in [3.8, 4) is 5.75 Å². The molecule has 1 heterocycles. The van der Waals surface area contributed by atoms with Crippen LogP contribution in [0.2, 0.25) is 0 Å². The highest BCUT2D eigenvalue weighted by molar-refractivity contribution is 5.47. The monoisotopic (exact) mass is 218 g/mol. The standard InChI is InChI=1S/C12H14N2O2/c1-8-5-10(13)3-4-12(8)15-7-11-6-9(2)14-16-11/h3-6H,7,13H2,1-2H3. The van der Waals surface area contributed by atoms with Crippen LogP contribution >= 0.6 is 0 Å². The first-order valence-electron chi connectivity index (χ1n) is 5.06. The summed E-state index contributed by atoms with van der Waals surface area (Å²) in [6, 6.07) is 7.40. The zero-order chi connectivity index (χ0) is 11.5. The Balaban J connectivity index is 2.04. The first-order chi connectivity index (χ1) is 7.65. The van der Waals surface area contributed by atoms with E-state index in [2.05, 4.69) is 5.16 Å². The molecule has 2 N–H and O–H groups in total. The minimum absolute atomic E-state index is 0.381. The molecule has 84 valence electrons. The lowest BCUT2D eigenvalue weighted by molar-refractivity contribution is 0.247. The van der Waals surface area contributed by atoms with Crippen LogP contribution in [0.25, 0.3) is 0 Å². The molecule has 1 aromatic carbocycles. The quantitative estimate of drug-likeness (QED) is 0.804. The Bertz CT molecular complexity index is 492. The van der Waals surface area contributed by atoms with Gasteiger partial charge >= 0.3 is 0 Å². The minimum Gasteiger partial charge on any atom is -0.485 e. The first-order valence-corrected chi connectivity index (χ1v) is 5.06. The third-order valence-electron chi connectivity index (χ3n) is 2.25. The van der Waals surface area contributed by atoms with E-state index in [1.165, 1.54) is 0 Å². The molecule has 2 aromatic rings. The van der Waals surface area contributed by atoms with Crippen molar-refractivity contribution in [1.29, 1.82) is 0 Å². The highest BCUT2D eigenvalue weighted by atomic mass is 16.5. The van der Waals surface area contributed by atoms with E-state index in [0.29, 0.717) is 12.4 Å². The Morgan fingerprint density at radius 3 is 2.75 bits per heavy atom. The number of nitrogens with zero attached hydrogens (tertiary/aromatic N) is 1. The summed E-state index contributed by atoms with van der Waals surface area (Å²) in [4.78, 5) is 0. The Labute approximate surface area is 94.0 Å². The van der Waals surface area contributed by atoms with E-state index in [4.69, 9.17) is 15.0 Å². The fraction of sp³-hybridized carbons (Fsp3) is 0.250. The Morgan fingerprint density at radius 1 is 1.31 bits per heavy atom. The van der Waals surface area contributed by atoms with E-state index in [1.807, 2.05) is 38.1 Å². The number of nitrogen functional groups attached to an aromatic ring is 1. The molecule has 0 aliphatic rings. The van der Waals surface area contributed by atoms with Crippen LogP contribution in [0.1, 0.15) is 17.0 Å². The van der Waals surface area contributed by atoms with Crippen LogP contribution in [-0.4, -0.2) is 5.16 Å². The molecule has 0 aliphatic carbocycles. The third-order valence-corrected chi connectivity index (χ3v) is 2.25. The first kappa shape index (κ1) is 10.5. The van der Waals surface area contributed by atoms with Crippen molar-refractivity contribution in [2.45, 2.75) is 20.5 Å². The number of rotatable bonds is 3. The molecule has 2 rings (SSSR count). The van der Waals surface area contributed by atoms with Crippen LogP contribution < -0.4 is 10.5 Å². The molecule has 0 unspecified atom stereocenters. The molecule has 0 aliphatic heterocycles. The van der Waals surface area contributed by atoms with Crippen molar-refractivity contribution >= 4 is 5.69 Å². The number of benzene rings is 1. The van der Waals surface area contributed by atoms with Gasteiger partial charge < -0.3 is 15.0 Å². The molecule has 16 heavy (non-hydrogen) atoms. The van der Waals surface area contributed by atoms with Crippen molar-refractivity contribution in [1.82, 2.24) is 5.16 Å². The molecule has 0 atom stereocenters. The normalized spacial score (nSPS) is 10.4. The van der Waals surface area contributed by atoms with Crippen LogP contribution in [0.3, 0.4) is 0 Å². The Morgan fingerprint density at radius 2 is 2.12 bits per heavy atom. The number of hydrogen-bond acceptors (Lipinski definition) is 4. The summed E-state index contributed by atoms with van der Waals surface area (Å²) in [5, 5.41) is 3.79. The van der Waals surface area contributed by atoms with Gasteiger partial charge in [-0.1, -0.05) is 5.16 Å². The van der Waals surface area contributed by atoms with Gasteiger partial charge in [-0.05, 0) is 37.6 Å². The third kappa shape index (κ3) is 2.34. The highest BCUT2D eigenvalue weighted by Crippen LogP contribution is 2.21. The Hall–Kier alpha value is -1.97. The summed E-state index contributed by atoms with van der Waals surface area (Å²) in [7, 11) is 0. The summed E-state index contributed by atoms with van der Waals surface area (Å²) in [6.45, 7) is 4.21. The summed E-state index contributed by atoms with van der Waals surface area (Å²) in [6.07, 6.45) is 0. The molecule has 4 nitrogen and oxygen atoms in total. The maximum Gasteiger partial charge on any atom is 0.174 e. The van der Waals surface area contributed by atoms with Crippen LogP contribution in [0.5, 0.6) is 5.75 Å². The predicted molar refractivity (Wildman–Crippen MR) is 61.2 cm³/mol. The van der Waals surface area contributed by atoms with Gasteiger partial charge in [-0.2, -0.15) is 0 Å². The van der Waals surface area contributed by atoms with Gasteiger partial charge in [-0.3, -0.25) is 0 Å². The SMILES string of the molecule is Cc1cc(COc2ccc(N)cc2C)on1. The van der Waals surface area contributed by atoms with Gasteiger partial charge in [0.05, 0.1) is 5.69 Å². The number of ether oxygens (including phenoxy) is 1. The summed E-state index contributed by atoms with van der Waals surface area (Å²) >= 11 is 0. The molecule has 0 spiro atoms. The second kappa shape index (κ2) is 4.26. The van der Waals surface area contributed by atoms with Crippen LogP contribution in [0.4, 0.5) is 5.69 Å². The van der Waals surface area contributed by atoms with Crippen molar-refractivity contribution in [2.75, 3.05) is 5.73 Å². The van der Waals surface area contributed by atoms with Gasteiger partial charge in [-0.25, -0.2) is 0 Å². The van der Waals surface area contributed by atoms with E-state index in [1.54, 1.807) is 0 Å². The average molecular weight is 218 g/mol.